The van der Waals surface area contributed by atoms with Crippen molar-refractivity contribution in [2.45, 2.75) is 13.0 Å². The van der Waals surface area contributed by atoms with Gasteiger partial charge in [0, 0.05) is 18.2 Å². The van der Waals surface area contributed by atoms with Crippen molar-refractivity contribution in [1.29, 1.82) is 0 Å². The lowest BCUT2D eigenvalue weighted by molar-refractivity contribution is 0.190. The second kappa shape index (κ2) is 6.45. The first-order valence-electron chi connectivity index (χ1n) is 6.42. The van der Waals surface area contributed by atoms with Gasteiger partial charge in [0.25, 0.3) is 0 Å². The highest BCUT2D eigenvalue weighted by molar-refractivity contribution is 5.46. The number of hydrogen-bond acceptors (Lipinski definition) is 4. The molecule has 0 aromatic heterocycles. The maximum atomic E-state index is 13.8. The Kier molecular flexibility index (Phi) is 4.65. The van der Waals surface area contributed by atoms with E-state index in [1.165, 1.54) is 33.3 Å². The van der Waals surface area contributed by atoms with Crippen molar-refractivity contribution in [2.75, 3.05) is 14.2 Å². The predicted octanol–water partition coefficient (Wildman–Crippen LogP) is 3.69. The highest BCUT2D eigenvalue weighted by atomic mass is 19.1. The second-order valence-corrected chi connectivity index (χ2v) is 4.48. The summed E-state index contributed by atoms with van der Waals surface area (Å²) in [6.45, 7) is 1.48. The fraction of sp³-hybridized carbons (Fsp3) is 0.250. The van der Waals surface area contributed by atoms with Crippen molar-refractivity contribution in [1.82, 2.24) is 0 Å². The Hall–Kier alpha value is -2.27. The Morgan fingerprint density at radius 3 is 2.10 bits per heavy atom. The van der Waals surface area contributed by atoms with Crippen molar-refractivity contribution in [3.05, 3.63) is 47.8 Å². The summed E-state index contributed by atoms with van der Waals surface area (Å²) < 4.78 is 29.8. The van der Waals surface area contributed by atoms with Crippen molar-refractivity contribution < 1.29 is 23.7 Å². The fourth-order valence-corrected chi connectivity index (χ4v) is 1.98. The van der Waals surface area contributed by atoms with E-state index < -0.39 is 11.9 Å². The van der Waals surface area contributed by atoms with Crippen LogP contribution in [0.15, 0.2) is 36.4 Å². The molecule has 0 aliphatic rings. The van der Waals surface area contributed by atoms with Crippen molar-refractivity contribution >= 4 is 0 Å². The minimum atomic E-state index is -0.978. The van der Waals surface area contributed by atoms with E-state index in [0.29, 0.717) is 17.2 Å². The van der Waals surface area contributed by atoms with Crippen molar-refractivity contribution in [2.24, 2.45) is 0 Å². The molecular weight excluding hydrogens is 275 g/mol. The smallest absolute Gasteiger partial charge is 0.136 e. The van der Waals surface area contributed by atoms with Gasteiger partial charge in [-0.1, -0.05) is 6.07 Å². The molecule has 5 heteroatoms. The van der Waals surface area contributed by atoms with Crippen LogP contribution in [0, 0.1) is 5.82 Å². The molecule has 112 valence electrons. The number of aliphatic hydroxyl groups excluding tert-OH is 1. The van der Waals surface area contributed by atoms with E-state index in [0.717, 1.165) is 0 Å². The summed E-state index contributed by atoms with van der Waals surface area (Å²) in [5, 5.41) is 9.70. The molecule has 2 rings (SSSR count). The van der Waals surface area contributed by atoms with E-state index in [-0.39, 0.29) is 11.3 Å². The number of methoxy groups -OCH3 is 2. The van der Waals surface area contributed by atoms with Crippen LogP contribution in [0.1, 0.15) is 18.6 Å². The molecule has 0 amide bonds. The average molecular weight is 292 g/mol. The molecule has 0 bridgehead atoms. The molecule has 0 fully saturated rings. The minimum absolute atomic E-state index is 0.110. The topological polar surface area (TPSA) is 47.9 Å². The molecule has 0 heterocycles. The maximum absolute atomic E-state index is 13.8. The summed E-state index contributed by atoms with van der Waals surface area (Å²) in [6.07, 6.45) is -0.978. The molecule has 0 aliphatic heterocycles. The van der Waals surface area contributed by atoms with Crippen LogP contribution in [0.4, 0.5) is 4.39 Å². The summed E-state index contributed by atoms with van der Waals surface area (Å²) in [6, 6.07) is 9.40. The lowest BCUT2D eigenvalue weighted by Crippen LogP contribution is -2.00. The first-order chi connectivity index (χ1) is 10.0. The van der Waals surface area contributed by atoms with Gasteiger partial charge in [0.05, 0.1) is 25.9 Å². The second-order valence-electron chi connectivity index (χ2n) is 4.48. The normalized spacial score (nSPS) is 11.9. The van der Waals surface area contributed by atoms with E-state index in [1.54, 1.807) is 24.3 Å². The molecule has 4 nitrogen and oxygen atoms in total. The van der Waals surface area contributed by atoms with Gasteiger partial charge in [-0.05, 0) is 19.1 Å². The Bertz CT molecular complexity index is 603. The third-order valence-corrected chi connectivity index (χ3v) is 2.98. The van der Waals surface area contributed by atoms with Crippen LogP contribution in [0.3, 0.4) is 0 Å². The zero-order valence-electron chi connectivity index (χ0n) is 12.1. The molecule has 0 spiro atoms. The van der Waals surface area contributed by atoms with Gasteiger partial charge < -0.3 is 19.3 Å². The van der Waals surface area contributed by atoms with E-state index in [2.05, 4.69) is 0 Å². The quantitative estimate of drug-likeness (QED) is 0.913. The third kappa shape index (κ3) is 3.44. The molecule has 2 aromatic rings. The van der Waals surface area contributed by atoms with Gasteiger partial charge in [0.2, 0.25) is 0 Å². The number of halogens is 1. The van der Waals surface area contributed by atoms with Crippen LogP contribution >= 0.6 is 0 Å². The molecular formula is C16H17FO4. The van der Waals surface area contributed by atoms with Crippen LogP contribution < -0.4 is 14.2 Å². The summed E-state index contributed by atoms with van der Waals surface area (Å²) in [4.78, 5) is 0. The third-order valence-electron chi connectivity index (χ3n) is 2.98. The summed E-state index contributed by atoms with van der Waals surface area (Å²) in [5.74, 6) is 1.27. The number of rotatable bonds is 5. The summed E-state index contributed by atoms with van der Waals surface area (Å²) in [7, 11) is 3.06. The van der Waals surface area contributed by atoms with Gasteiger partial charge in [-0.15, -0.1) is 0 Å². The van der Waals surface area contributed by atoms with Crippen LogP contribution in [-0.4, -0.2) is 19.3 Å². The van der Waals surface area contributed by atoms with Crippen LogP contribution in [0.2, 0.25) is 0 Å². The molecule has 0 saturated carbocycles. The van der Waals surface area contributed by atoms with E-state index in [9.17, 15) is 9.50 Å². The highest BCUT2D eigenvalue weighted by Crippen LogP contribution is 2.35. The molecule has 1 N–H and O–H groups in total. The summed E-state index contributed by atoms with van der Waals surface area (Å²) in [5.41, 5.74) is 0.110. The number of hydrogen-bond donors (Lipinski definition) is 1. The molecule has 2 aromatic carbocycles. The van der Waals surface area contributed by atoms with E-state index in [4.69, 9.17) is 14.2 Å². The zero-order valence-corrected chi connectivity index (χ0v) is 12.1. The zero-order chi connectivity index (χ0) is 15.4. The maximum Gasteiger partial charge on any atom is 0.136 e. The largest absolute Gasteiger partial charge is 0.496 e. The van der Waals surface area contributed by atoms with Crippen LogP contribution in [-0.2, 0) is 0 Å². The standard InChI is InChI=1S/C16H17FO4/c1-10(18)16-14(17)5-4-6-15(16)21-13-8-11(19-2)7-12(9-13)20-3/h4-10,18H,1-3H3/t10-/m1/s1. The summed E-state index contributed by atoms with van der Waals surface area (Å²) >= 11 is 0. The lowest BCUT2D eigenvalue weighted by atomic mass is 10.1. The van der Waals surface area contributed by atoms with Gasteiger partial charge in [0.15, 0.2) is 0 Å². The molecule has 1 atom stereocenters. The molecule has 0 radical (unpaired) electrons. The van der Waals surface area contributed by atoms with Crippen LogP contribution in [0.25, 0.3) is 0 Å². The Labute approximate surface area is 122 Å². The van der Waals surface area contributed by atoms with Crippen molar-refractivity contribution in [3.63, 3.8) is 0 Å². The first kappa shape index (κ1) is 15.1. The van der Waals surface area contributed by atoms with Gasteiger partial charge >= 0.3 is 0 Å². The Morgan fingerprint density at radius 2 is 1.57 bits per heavy atom. The van der Waals surface area contributed by atoms with E-state index >= 15 is 0 Å². The fourth-order valence-electron chi connectivity index (χ4n) is 1.98. The first-order valence-corrected chi connectivity index (χ1v) is 6.42. The monoisotopic (exact) mass is 292 g/mol. The van der Waals surface area contributed by atoms with Gasteiger partial charge in [-0.25, -0.2) is 4.39 Å². The Morgan fingerprint density at radius 1 is 1.00 bits per heavy atom. The number of aliphatic hydroxyl groups is 1. The predicted molar refractivity (Wildman–Crippen MR) is 76.7 cm³/mol. The molecule has 0 aliphatic carbocycles. The average Bonchev–Trinajstić information content (AvgIpc) is 2.46. The molecule has 0 saturated heterocycles. The molecule has 0 unspecified atom stereocenters. The van der Waals surface area contributed by atoms with Gasteiger partial charge in [0.1, 0.15) is 28.8 Å². The minimum Gasteiger partial charge on any atom is -0.496 e. The van der Waals surface area contributed by atoms with Crippen molar-refractivity contribution in [3.8, 4) is 23.0 Å². The van der Waals surface area contributed by atoms with Gasteiger partial charge in [-0.3, -0.25) is 0 Å². The van der Waals surface area contributed by atoms with E-state index in [1.807, 2.05) is 0 Å². The number of benzene rings is 2. The van der Waals surface area contributed by atoms with Crippen LogP contribution in [0.5, 0.6) is 23.0 Å². The lowest BCUT2D eigenvalue weighted by Gasteiger charge is -2.15. The SMILES string of the molecule is COc1cc(OC)cc(Oc2cccc(F)c2[C@@H](C)O)c1. The molecule has 21 heavy (non-hydrogen) atoms. The Balaban J connectivity index is 2.40. The number of ether oxygens (including phenoxy) is 3. The van der Waals surface area contributed by atoms with Gasteiger partial charge in [-0.2, -0.15) is 0 Å². The highest BCUT2D eigenvalue weighted by Gasteiger charge is 2.16.